The average Bonchev–Trinajstić information content (AvgIpc) is 3.49. The number of amides is 2. The van der Waals surface area contributed by atoms with Crippen molar-refractivity contribution >= 4 is 29.5 Å². The van der Waals surface area contributed by atoms with Gasteiger partial charge in [-0.15, -0.1) is 5.10 Å². The minimum absolute atomic E-state index is 0.0550. The molecule has 0 radical (unpaired) electrons. The number of nitrogens with zero attached hydrogens (tertiary/aromatic N) is 3. The summed E-state index contributed by atoms with van der Waals surface area (Å²) in [6.07, 6.45) is 4.44. The molecule has 0 spiro atoms. The third kappa shape index (κ3) is 10.8. The molecule has 16 nitrogen and oxygen atoms in total. The van der Waals surface area contributed by atoms with E-state index in [1.54, 1.807) is 26.0 Å². The van der Waals surface area contributed by atoms with Gasteiger partial charge in [-0.25, -0.2) is 4.79 Å². The fourth-order valence-corrected chi connectivity index (χ4v) is 5.76. The van der Waals surface area contributed by atoms with E-state index >= 15 is 0 Å². The average molecular weight is 699 g/mol. The van der Waals surface area contributed by atoms with Crippen LogP contribution in [0.25, 0.3) is 0 Å². The molecule has 2 aliphatic rings. The molecule has 0 aromatic carbocycles. The number of primary amides is 1. The number of aromatic nitrogens is 3. The second-order valence-corrected chi connectivity index (χ2v) is 12.4. The monoisotopic (exact) mass is 698 g/mol. The number of fused-ring (bicyclic) bond motifs is 2. The molecule has 6 atom stereocenters. The molecular weight excluding hydrogens is 652 g/mol. The van der Waals surface area contributed by atoms with E-state index in [1.165, 1.54) is 44.2 Å². The fourth-order valence-electron chi connectivity index (χ4n) is 5.76. The summed E-state index contributed by atoms with van der Waals surface area (Å²) >= 11 is 0. The number of aliphatic hydroxyl groups excluding tert-OH is 1. The van der Waals surface area contributed by atoms with Crippen LogP contribution in [0.1, 0.15) is 46.2 Å². The van der Waals surface area contributed by atoms with Crippen molar-refractivity contribution in [3.63, 3.8) is 0 Å². The molecule has 3 rings (SSSR count). The molecular formula is C34H46N6O10. The van der Waals surface area contributed by atoms with Crippen LogP contribution in [0, 0.1) is 11.8 Å². The summed E-state index contributed by atoms with van der Waals surface area (Å²) in [6, 6.07) is 0. The summed E-state index contributed by atoms with van der Waals surface area (Å²) in [5.74, 6) is -3.54. The van der Waals surface area contributed by atoms with Crippen molar-refractivity contribution < 1.29 is 48.4 Å². The Morgan fingerprint density at radius 3 is 2.52 bits per heavy atom. The number of carboxylic acids is 1. The van der Waals surface area contributed by atoms with Gasteiger partial charge >= 0.3 is 12.1 Å². The molecule has 16 heteroatoms. The molecule has 1 aromatic rings. The number of allylic oxidation sites excluding steroid dienone is 4. The lowest BCUT2D eigenvalue weighted by molar-refractivity contribution is -0.136. The lowest BCUT2D eigenvalue weighted by Gasteiger charge is -2.30. The minimum atomic E-state index is -1.05. The van der Waals surface area contributed by atoms with Crippen LogP contribution in [-0.4, -0.2) is 99.9 Å². The van der Waals surface area contributed by atoms with E-state index in [2.05, 4.69) is 20.9 Å². The molecule has 1 aliphatic carbocycles. The molecule has 1 aliphatic heterocycles. The van der Waals surface area contributed by atoms with E-state index < -0.39 is 59.9 Å². The van der Waals surface area contributed by atoms with Gasteiger partial charge in [-0.3, -0.25) is 23.9 Å². The van der Waals surface area contributed by atoms with Crippen molar-refractivity contribution in [1.82, 2.24) is 25.6 Å². The zero-order chi connectivity index (χ0) is 37.1. The SMILES string of the molecule is CO[C@H]1/C=C\C=C(/C)C(=O)NC2=CC(=O)C(NCCn3cc(CC(=O)O)nn3)=C(C[C@@H](C)C[C@H](OC)[C@H](O)[C@@H](C)/C=C(\C)[C@@H]1OC(N)=O)C2=O. The zero-order valence-corrected chi connectivity index (χ0v) is 29.0. The molecule has 2 amide bonds. The van der Waals surface area contributed by atoms with Gasteiger partial charge in [0.25, 0.3) is 5.91 Å². The molecule has 2 bridgehead atoms. The van der Waals surface area contributed by atoms with Crippen molar-refractivity contribution in [2.24, 2.45) is 17.6 Å². The Bertz CT molecular complexity index is 1610. The molecule has 2 heterocycles. The minimum Gasteiger partial charge on any atom is -0.481 e. The highest BCUT2D eigenvalue weighted by Crippen LogP contribution is 2.29. The van der Waals surface area contributed by atoms with Gasteiger partial charge < -0.3 is 40.8 Å². The van der Waals surface area contributed by atoms with Crippen LogP contribution in [0.5, 0.6) is 0 Å². The number of carbonyl (C=O) groups excluding carboxylic acids is 4. The number of hydrogen-bond acceptors (Lipinski definition) is 12. The summed E-state index contributed by atoms with van der Waals surface area (Å²) in [5.41, 5.74) is 6.39. The molecule has 1 aromatic heterocycles. The quantitative estimate of drug-likeness (QED) is 0.181. The van der Waals surface area contributed by atoms with Crippen molar-refractivity contribution in [3.05, 3.63) is 70.4 Å². The van der Waals surface area contributed by atoms with Crippen LogP contribution in [-0.2, 0) is 46.4 Å². The molecule has 0 saturated heterocycles. The van der Waals surface area contributed by atoms with Crippen LogP contribution in [0.15, 0.2) is 64.7 Å². The molecule has 0 saturated carbocycles. The molecule has 0 unspecified atom stereocenters. The number of ketones is 2. The molecule has 0 fully saturated rings. The van der Waals surface area contributed by atoms with Crippen LogP contribution in [0.2, 0.25) is 0 Å². The first-order valence-electron chi connectivity index (χ1n) is 16.1. The van der Waals surface area contributed by atoms with Crippen molar-refractivity contribution in [2.45, 2.75) is 77.9 Å². The number of hydrogen-bond donors (Lipinski definition) is 5. The third-order valence-corrected chi connectivity index (χ3v) is 8.35. The highest BCUT2D eigenvalue weighted by molar-refractivity contribution is 6.23. The van der Waals surface area contributed by atoms with E-state index in [-0.39, 0.29) is 66.5 Å². The summed E-state index contributed by atoms with van der Waals surface area (Å²) < 4.78 is 18.0. The first-order chi connectivity index (χ1) is 23.6. The topological polar surface area (TPSA) is 234 Å². The first kappa shape index (κ1) is 39.5. The van der Waals surface area contributed by atoms with Gasteiger partial charge in [-0.05, 0) is 38.2 Å². The number of carboxylic acid groups (broad SMARTS) is 1. The van der Waals surface area contributed by atoms with Crippen molar-refractivity contribution in [1.29, 1.82) is 0 Å². The standard InChI is InChI=1S/C34H46N6O10/c1-18-12-23-29(36-10-11-40-17-22(38-39-40)15-28(42)43)25(41)16-24(31(23)45)37-33(46)19(2)8-7-9-26(48-5)32(50-34(35)47)21(4)14-20(3)30(44)27(13-18)49-6/h7-9,14,16-18,20,26-27,30,32,36,44H,10-13,15H2,1-6H3,(H2,35,47)(H,37,46)(H,42,43)/b9-7-,19-8+,21-14+/t18-,20+,26+,27+,30-,32+/m1/s1. The Kier molecular flexibility index (Phi) is 14.4. The van der Waals surface area contributed by atoms with Gasteiger partial charge in [-0.1, -0.05) is 43.4 Å². The van der Waals surface area contributed by atoms with Crippen molar-refractivity contribution in [3.8, 4) is 0 Å². The van der Waals surface area contributed by atoms with Crippen LogP contribution in [0.3, 0.4) is 0 Å². The van der Waals surface area contributed by atoms with Gasteiger partial charge in [0.05, 0.1) is 42.3 Å². The highest BCUT2D eigenvalue weighted by atomic mass is 16.6. The molecule has 6 N–H and O–H groups in total. The van der Waals surface area contributed by atoms with E-state index in [4.69, 9.17) is 25.1 Å². The summed E-state index contributed by atoms with van der Waals surface area (Å²) in [6.45, 7) is 7.23. The number of nitrogens with two attached hydrogens (primary N) is 1. The number of carbonyl (C=O) groups is 5. The lowest BCUT2D eigenvalue weighted by atomic mass is 9.85. The number of ether oxygens (including phenoxy) is 3. The fraction of sp³-hybridized carbons (Fsp3) is 0.500. The Balaban J connectivity index is 1.99. The van der Waals surface area contributed by atoms with E-state index in [0.717, 1.165) is 6.08 Å². The molecule has 272 valence electrons. The van der Waals surface area contributed by atoms with Gasteiger partial charge in [0.1, 0.15) is 6.10 Å². The Hall–Kier alpha value is -4.93. The predicted octanol–water partition coefficient (Wildman–Crippen LogP) is 1.27. The third-order valence-electron chi connectivity index (χ3n) is 8.35. The lowest BCUT2D eigenvalue weighted by Crippen LogP contribution is -2.38. The van der Waals surface area contributed by atoms with Gasteiger partial charge in [0.15, 0.2) is 6.10 Å². The maximum atomic E-state index is 13.9. The first-order valence-corrected chi connectivity index (χ1v) is 16.1. The number of Topliss-reactive ketones (excluding diaryl/α,β-unsaturated/α-hetero) is 1. The van der Waals surface area contributed by atoms with Crippen LogP contribution in [0.4, 0.5) is 4.79 Å². The number of aliphatic carboxylic acids is 1. The normalized spacial score (nSPS) is 28.5. The molecule has 50 heavy (non-hydrogen) atoms. The van der Waals surface area contributed by atoms with Crippen molar-refractivity contribution in [2.75, 3.05) is 20.8 Å². The Labute approximate surface area is 290 Å². The number of methoxy groups -OCH3 is 2. The summed E-state index contributed by atoms with van der Waals surface area (Å²) in [5, 5.41) is 33.6. The van der Waals surface area contributed by atoms with Gasteiger partial charge in [0, 0.05) is 50.1 Å². The second-order valence-electron chi connectivity index (χ2n) is 12.4. The van der Waals surface area contributed by atoms with E-state index in [1.807, 2.05) is 6.92 Å². The van der Waals surface area contributed by atoms with E-state index in [0.29, 0.717) is 5.57 Å². The van der Waals surface area contributed by atoms with E-state index in [9.17, 15) is 29.1 Å². The second kappa shape index (κ2) is 18.2. The zero-order valence-electron chi connectivity index (χ0n) is 29.0. The smallest absolute Gasteiger partial charge is 0.405 e. The largest absolute Gasteiger partial charge is 0.481 e. The van der Waals surface area contributed by atoms with Crippen LogP contribution >= 0.6 is 0 Å². The maximum Gasteiger partial charge on any atom is 0.405 e. The highest BCUT2D eigenvalue weighted by Gasteiger charge is 2.33. The maximum absolute atomic E-state index is 13.9. The number of nitrogens with one attached hydrogen (secondary N) is 2. The Morgan fingerprint density at radius 1 is 1.16 bits per heavy atom. The number of rotatable bonds is 9. The number of aliphatic hydroxyl groups is 1. The van der Waals surface area contributed by atoms with Gasteiger partial charge in [-0.2, -0.15) is 0 Å². The summed E-state index contributed by atoms with van der Waals surface area (Å²) in [4.78, 5) is 63.2. The van der Waals surface area contributed by atoms with Crippen LogP contribution < -0.4 is 16.4 Å². The Morgan fingerprint density at radius 2 is 1.88 bits per heavy atom. The summed E-state index contributed by atoms with van der Waals surface area (Å²) in [7, 11) is 2.88. The predicted molar refractivity (Wildman–Crippen MR) is 179 cm³/mol. The van der Waals surface area contributed by atoms with Gasteiger partial charge in [0.2, 0.25) is 11.6 Å².